The van der Waals surface area contributed by atoms with Crippen LogP contribution in [0.15, 0.2) is 0 Å². The van der Waals surface area contributed by atoms with Gasteiger partial charge in [-0.15, -0.1) is 0 Å². The summed E-state index contributed by atoms with van der Waals surface area (Å²) in [5, 5.41) is 0. The van der Waals surface area contributed by atoms with Gasteiger partial charge in [-0.05, 0) is 37.0 Å². The van der Waals surface area contributed by atoms with Crippen LogP contribution in [-0.2, 0) is 23.8 Å². The topological polar surface area (TPSA) is 61.8 Å². The molecule has 4 aliphatic rings. The number of rotatable bonds is 2. The summed E-state index contributed by atoms with van der Waals surface area (Å²) in [4.78, 5) is 25.0. The first-order valence-electron chi connectivity index (χ1n) is 8.44. The molecule has 3 saturated carbocycles. The van der Waals surface area contributed by atoms with E-state index in [4.69, 9.17) is 14.2 Å². The standard InChI is InChI=1S/C17H24O5/c1-3-20-14(19)11-8-16-10-17(21-6-7-22-17)9-15(16,2)5-4-12(16)13(11)18/h11-12H,3-10H2,1-2H3/t11?,12-,15-,16-/m0/s1. The quantitative estimate of drug-likeness (QED) is 0.577. The fourth-order valence-corrected chi connectivity index (χ4v) is 5.87. The fraction of sp³-hybridized carbons (Fsp3) is 0.882. The molecular formula is C17H24O5. The first-order valence-corrected chi connectivity index (χ1v) is 8.44. The summed E-state index contributed by atoms with van der Waals surface area (Å²) in [5.41, 5.74) is -0.120. The van der Waals surface area contributed by atoms with E-state index in [0.29, 0.717) is 26.2 Å². The van der Waals surface area contributed by atoms with Gasteiger partial charge in [0.1, 0.15) is 5.92 Å². The molecule has 0 aromatic rings. The van der Waals surface area contributed by atoms with Crippen molar-refractivity contribution < 1.29 is 23.8 Å². The highest BCUT2D eigenvalue weighted by molar-refractivity contribution is 6.02. The minimum Gasteiger partial charge on any atom is -0.465 e. The van der Waals surface area contributed by atoms with Crippen LogP contribution in [0.5, 0.6) is 0 Å². The molecule has 4 rings (SSSR count). The monoisotopic (exact) mass is 308 g/mol. The van der Waals surface area contributed by atoms with Crippen molar-refractivity contribution in [2.24, 2.45) is 22.7 Å². The molecule has 4 fully saturated rings. The molecule has 122 valence electrons. The SMILES string of the molecule is CCOC(=O)C1C[C@@]23CC4(C[C@]2(C)CC[C@H]3C1=O)OCCO4. The van der Waals surface area contributed by atoms with E-state index in [2.05, 4.69) is 6.92 Å². The van der Waals surface area contributed by atoms with Crippen molar-refractivity contribution in [2.45, 2.75) is 51.7 Å². The predicted molar refractivity (Wildman–Crippen MR) is 76.9 cm³/mol. The molecule has 5 nitrogen and oxygen atoms in total. The molecule has 3 aliphatic carbocycles. The molecule has 1 aliphatic heterocycles. The second kappa shape index (κ2) is 4.54. The van der Waals surface area contributed by atoms with Crippen molar-refractivity contribution >= 4 is 11.8 Å². The van der Waals surface area contributed by atoms with Crippen LogP contribution < -0.4 is 0 Å². The van der Waals surface area contributed by atoms with Gasteiger partial charge in [0.05, 0.1) is 19.8 Å². The molecule has 4 atom stereocenters. The van der Waals surface area contributed by atoms with E-state index in [0.717, 1.165) is 25.7 Å². The molecule has 0 aromatic heterocycles. The second-order valence-corrected chi connectivity index (χ2v) is 7.68. The van der Waals surface area contributed by atoms with Crippen molar-refractivity contribution in [2.75, 3.05) is 19.8 Å². The van der Waals surface area contributed by atoms with Crippen LogP contribution in [0.4, 0.5) is 0 Å². The maximum atomic E-state index is 12.8. The van der Waals surface area contributed by atoms with E-state index < -0.39 is 11.7 Å². The van der Waals surface area contributed by atoms with E-state index in [9.17, 15) is 9.59 Å². The Bertz CT molecular complexity index is 523. The van der Waals surface area contributed by atoms with Crippen molar-refractivity contribution in [1.29, 1.82) is 0 Å². The lowest BCUT2D eigenvalue weighted by molar-refractivity contribution is -0.161. The summed E-state index contributed by atoms with van der Waals surface area (Å²) in [6.07, 6.45) is 4.12. The van der Waals surface area contributed by atoms with Crippen LogP contribution in [0.2, 0.25) is 0 Å². The van der Waals surface area contributed by atoms with Crippen LogP contribution in [0.25, 0.3) is 0 Å². The molecule has 1 heterocycles. The normalized spacial score (nSPS) is 45.3. The van der Waals surface area contributed by atoms with E-state index in [-0.39, 0.29) is 28.5 Å². The zero-order chi connectivity index (χ0) is 15.6. The van der Waals surface area contributed by atoms with Gasteiger partial charge >= 0.3 is 5.97 Å². The zero-order valence-corrected chi connectivity index (χ0v) is 13.4. The van der Waals surface area contributed by atoms with Gasteiger partial charge in [0.25, 0.3) is 0 Å². The molecule has 0 bridgehead atoms. The van der Waals surface area contributed by atoms with Crippen LogP contribution >= 0.6 is 0 Å². The molecule has 1 saturated heterocycles. The summed E-state index contributed by atoms with van der Waals surface area (Å²) in [6, 6.07) is 0. The Hall–Kier alpha value is -0.940. The van der Waals surface area contributed by atoms with E-state index >= 15 is 0 Å². The summed E-state index contributed by atoms with van der Waals surface area (Å²) in [6.45, 7) is 5.63. The maximum Gasteiger partial charge on any atom is 0.316 e. The fourth-order valence-electron chi connectivity index (χ4n) is 5.87. The third-order valence-electron chi connectivity index (χ3n) is 6.74. The summed E-state index contributed by atoms with van der Waals surface area (Å²) >= 11 is 0. The molecule has 0 N–H and O–H groups in total. The highest BCUT2D eigenvalue weighted by Gasteiger charge is 2.73. The highest BCUT2D eigenvalue weighted by atomic mass is 16.7. The lowest BCUT2D eigenvalue weighted by atomic mass is 9.66. The van der Waals surface area contributed by atoms with Crippen molar-refractivity contribution in [3.63, 3.8) is 0 Å². The lowest BCUT2D eigenvalue weighted by Crippen LogP contribution is -2.33. The van der Waals surface area contributed by atoms with Gasteiger partial charge in [0, 0.05) is 18.8 Å². The van der Waals surface area contributed by atoms with Crippen molar-refractivity contribution in [1.82, 2.24) is 0 Å². The van der Waals surface area contributed by atoms with Gasteiger partial charge < -0.3 is 14.2 Å². The van der Waals surface area contributed by atoms with Crippen molar-refractivity contribution in [3.8, 4) is 0 Å². The average Bonchev–Trinajstić information content (AvgIpc) is 3.13. The predicted octanol–water partition coefficient (Wildman–Crippen LogP) is 2.08. The smallest absolute Gasteiger partial charge is 0.316 e. The molecule has 22 heavy (non-hydrogen) atoms. The lowest BCUT2D eigenvalue weighted by Gasteiger charge is -2.36. The molecule has 0 aromatic carbocycles. The maximum absolute atomic E-state index is 12.8. The third kappa shape index (κ3) is 1.67. The highest BCUT2D eigenvalue weighted by Crippen LogP contribution is 2.74. The number of hydrogen-bond acceptors (Lipinski definition) is 5. The van der Waals surface area contributed by atoms with Gasteiger partial charge in [0.2, 0.25) is 0 Å². The number of carbonyl (C=O) groups excluding carboxylic acids is 2. The number of hydrogen-bond donors (Lipinski definition) is 0. The van der Waals surface area contributed by atoms with Crippen LogP contribution in [0.1, 0.15) is 46.0 Å². The molecule has 1 unspecified atom stereocenters. The number of ether oxygens (including phenoxy) is 3. The van der Waals surface area contributed by atoms with Crippen LogP contribution in [-0.4, -0.2) is 37.4 Å². The third-order valence-corrected chi connectivity index (χ3v) is 6.74. The minimum atomic E-state index is -0.582. The molecule has 0 amide bonds. The first-order chi connectivity index (χ1) is 10.5. The van der Waals surface area contributed by atoms with Gasteiger partial charge in [0.15, 0.2) is 11.6 Å². The number of esters is 1. The Morgan fingerprint density at radius 1 is 1.32 bits per heavy atom. The summed E-state index contributed by atoms with van der Waals surface area (Å²) < 4.78 is 17.0. The largest absolute Gasteiger partial charge is 0.465 e. The van der Waals surface area contributed by atoms with Crippen molar-refractivity contribution in [3.05, 3.63) is 0 Å². The average molecular weight is 308 g/mol. The van der Waals surface area contributed by atoms with Crippen LogP contribution in [0, 0.1) is 22.7 Å². The Balaban J connectivity index is 1.68. The Morgan fingerprint density at radius 2 is 2.05 bits per heavy atom. The van der Waals surface area contributed by atoms with Crippen LogP contribution in [0.3, 0.4) is 0 Å². The molecule has 0 radical (unpaired) electrons. The number of Topliss-reactive ketones (excluding diaryl/α,β-unsaturated/α-hetero) is 1. The van der Waals surface area contributed by atoms with Gasteiger partial charge in [-0.2, -0.15) is 0 Å². The molecular weight excluding hydrogens is 284 g/mol. The zero-order valence-electron chi connectivity index (χ0n) is 13.4. The summed E-state index contributed by atoms with van der Waals surface area (Å²) in [7, 11) is 0. The Morgan fingerprint density at radius 3 is 2.73 bits per heavy atom. The summed E-state index contributed by atoms with van der Waals surface area (Å²) in [5.74, 6) is -1.37. The van der Waals surface area contributed by atoms with Gasteiger partial charge in [-0.1, -0.05) is 6.92 Å². The van der Waals surface area contributed by atoms with E-state index in [1.54, 1.807) is 6.92 Å². The number of carbonyl (C=O) groups is 2. The Labute approximate surface area is 130 Å². The number of ketones is 1. The first kappa shape index (κ1) is 14.6. The molecule has 2 spiro atoms. The molecule has 5 heteroatoms. The minimum absolute atomic E-state index is 0.0267. The second-order valence-electron chi connectivity index (χ2n) is 7.68. The van der Waals surface area contributed by atoms with E-state index in [1.165, 1.54) is 0 Å². The van der Waals surface area contributed by atoms with E-state index in [1.807, 2.05) is 0 Å². The van der Waals surface area contributed by atoms with Gasteiger partial charge in [-0.25, -0.2) is 0 Å². The van der Waals surface area contributed by atoms with Gasteiger partial charge in [-0.3, -0.25) is 9.59 Å². The Kier molecular flexibility index (Phi) is 3.02.